The molecule has 0 bridgehead atoms. The van der Waals surface area contributed by atoms with Crippen molar-refractivity contribution in [3.63, 3.8) is 0 Å². The Kier molecular flexibility index (Phi) is 6.33. The Balaban J connectivity index is 1.56. The summed E-state index contributed by atoms with van der Waals surface area (Å²) in [5, 5.41) is 20.1. The normalized spacial score (nSPS) is 35.3. The molecule has 2 aliphatic carbocycles. The lowest BCUT2D eigenvalue weighted by atomic mass is 9.90. The van der Waals surface area contributed by atoms with Gasteiger partial charge in [-0.05, 0) is 27.7 Å². The van der Waals surface area contributed by atoms with Crippen LogP contribution in [0.3, 0.4) is 0 Å². The smallest absolute Gasteiger partial charge is 0.280 e. The average Bonchev–Trinajstić information content (AvgIpc) is 3.06. The lowest BCUT2D eigenvalue weighted by Crippen LogP contribution is -2.50. The van der Waals surface area contributed by atoms with Crippen LogP contribution in [-0.4, -0.2) is 77.1 Å². The number of halogens is 2. The second-order valence-corrected chi connectivity index (χ2v) is 11.8. The first kappa shape index (κ1) is 26.3. The molecule has 1 unspecified atom stereocenters. The molecule has 12 nitrogen and oxygen atoms in total. The van der Waals surface area contributed by atoms with E-state index in [2.05, 4.69) is 15.0 Å². The van der Waals surface area contributed by atoms with Gasteiger partial charge in [0.2, 0.25) is 5.95 Å². The van der Waals surface area contributed by atoms with Gasteiger partial charge < -0.3 is 24.6 Å². The van der Waals surface area contributed by atoms with E-state index >= 15 is 8.78 Å². The zero-order valence-corrected chi connectivity index (χ0v) is 21.8. The van der Waals surface area contributed by atoms with Crippen LogP contribution in [0, 0.1) is 11.3 Å². The second-order valence-electron chi connectivity index (χ2n) is 10.4. The summed E-state index contributed by atoms with van der Waals surface area (Å²) in [6.45, 7) is 7.71. The number of nitrogen functional groups attached to an aromatic ring is 1. The van der Waals surface area contributed by atoms with Crippen LogP contribution in [0.1, 0.15) is 53.2 Å². The van der Waals surface area contributed by atoms with Crippen LogP contribution in [-0.2, 0) is 13.8 Å². The number of aliphatic hydroxyl groups is 1. The summed E-state index contributed by atoms with van der Waals surface area (Å²) in [5.74, 6) is -0.193. The molecular formula is C22H30F2N7O5P. The summed E-state index contributed by atoms with van der Waals surface area (Å²) in [7, 11) is -1.99. The fourth-order valence-corrected chi connectivity index (χ4v) is 7.51. The number of hydrogen-bond acceptors (Lipinski definition) is 10. The van der Waals surface area contributed by atoms with Gasteiger partial charge in [0, 0.05) is 24.9 Å². The number of aromatic amines is 1. The third-order valence-electron chi connectivity index (χ3n) is 7.26. The minimum Gasteiger partial charge on any atom is -0.384 e. The number of ether oxygens (including phenoxy) is 1. The zero-order valence-electron chi connectivity index (χ0n) is 20.9. The van der Waals surface area contributed by atoms with Gasteiger partial charge in [0.05, 0.1) is 25.4 Å². The molecule has 1 aliphatic heterocycles. The van der Waals surface area contributed by atoms with Gasteiger partial charge in [-0.25, -0.2) is 18.4 Å². The van der Waals surface area contributed by atoms with Gasteiger partial charge in [-0.3, -0.25) is 14.3 Å². The number of H-pyrrole nitrogens is 1. The number of alkyl halides is 2. The lowest BCUT2D eigenvalue weighted by Gasteiger charge is -2.41. The van der Waals surface area contributed by atoms with E-state index in [-0.39, 0.29) is 48.6 Å². The highest BCUT2D eigenvalue weighted by Gasteiger charge is 2.88. The largest absolute Gasteiger partial charge is 0.384 e. The van der Waals surface area contributed by atoms with Crippen molar-refractivity contribution in [3.05, 3.63) is 16.7 Å². The molecule has 202 valence electrons. The monoisotopic (exact) mass is 541 g/mol. The first-order chi connectivity index (χ1) is 17.4. The summed E-state index contributed by atoms with van der Waals surface area (Å²) in [4.78, 5) is 22.7. The summed E-state index contributed by atoms with van der Waals surface area (Å²) in [6.07, 6.45) is -4.18. The number of nitrogens with one attached hydrogen (secondary N) is 1. The van der Waals surface area contributed by atoms with Crippen molar-refractivity contribution in [1.29, 1.82) is 5.26 Å². The third-order valence-corrected chi connectivity index (χ3v) is 9.46. The number of aromatic nitrogens is 4. The Morgan fingerprint density at radius 3 is 2.78 bits per heavy atom. The maximum Gasteiger partial charge on any atom is 0.280 e. The predicted molar refractivity (Wildman–Crippen MR) is 128 cm³/mol. The van der Waals surface area contributed by atoms with Gasteiger partial charge >= 0.3 is 0 Å². The summed E-state index contributed by atoms with van der Waals surface area (Å²) >= 11 is 0. The maximum absolute atomic E-state index is 16.6. The molecule has 5 rings (SSSR count). The van der Waals surface area contributed by atoms with Crippen molar-refractivity contribution in [2.45, 2.75) is 94.4 Å². The molecule has 0 spiro atoms. The van der Waals surface area contributed by atoms with Crippen molar-refractivity contribution in [2.24, 2.45) is 0 Å². The zero-order chi connectivity index (χ0) is 26.9. The Bertz CT molecular complexity index is 1290. The van der Waals surface area contributed by atoms with Gasteiger partial charge in [0.25, 0.3) is 14.1 Å². The van der Waals surface area contributed by atoms with E-state index in [1.165, 1.54) is 10.9 Å². The third kappa shape index (κ3) is 3.87. The molecule has 3 aliphatic rings. The standard InChI is InChI=1S/C22H30F2N7O5P/c1-11(2)31(12(3)4)37(34-7-5-6-25)36-21-8-20(24)9-22(20,33)18(21)35-17(14(21)23)30-10-27-13-15(30)28-19(26)29-16(13)32/h10-12,14,17-18,33H,5,7-9H2,1-4H3,(H3,26,28,29,32)/t14-,17-,18+,20+,21+,22+,37?/m1/s1. The Morgan fingerprint density at radius 1 is 1.43 bits per heavy atom. The van der Waals surface area contributed by atoms with Gasteiger partial charge in [0.15, 0.2) is 23.6 Å². The van der Waals surface area contributed by atoms with Crippen molar-refractivity contribution in [3.8, 4) is 6.07 Å². The molecule has 2 aromatic rings. The van der Waals surface area contributed by atoms with Crippen LogP contribution in [0.2, 0.25) is 0 Å². The van der Waals surface area contributed by atoms with Crippen molar-refractivity contribution in [1.82, 2.24) is 24.2 Å². The van der Waals surface area contributed by atoms with E-state index in [0.29, 0.717) is 0 Å². The van der Waals surface area contributed by atoms with E-state index in [0.717, 1.165) is 0 Å². The number of fused-ring (bicyclic) bond motifs is 4. The van der Waals surface area contributed by atoms with Crippen LogP contribution in [0.5, 0.6) is 0 Å². The number of imidazole rings is 1. The first-order valence-electron chi connectivity index (χ1n) is 12.1. The van der Waals surface area contributed by atoms with Crippen LogP contribution in [0.4, 0.5) is 14.7 Å². The van der Waals surface area contributed by atoms with Crippen LogP contribution < -0.4 is 11.3 Å². The van der Waals surface area contributed by atoms with Gasteiger partial charge in [-0.2, -0.15) is 10.2 Å². The topological polar surface area (TPSA) is 165 Å². The summed E-state index contributed by atoms with van der Waals surface area (Å²) < 4.78 is 53.6. The molecule has 1 saturated heterocycles. The fourth-order valence-electron chi connectivity index (χ4n) is 5.68. The second kappa shape index (κ2) is 8.90. The van der Waals surface area contributed by atoms with E-state index in [1.807, 2.05) is 38.4 Å². The summed E-state index contributed by atoms with van der Waals surface area (Å²) in [6, 6.07) is 1.82. The molecule has 37 heavy (non-hydrogen) atoms. The molecule has 3 heterocycles. The number of nitriles is 1. The molecule has 15 heteroatoms. The highest BCUT2D eigenvalue weighted by atomic mass is 31.2. The maximum atomic E-state index is 16.6. The van der Waals surface area contributed by atoms with Crippen molar-refractivity contribution >= 4 is 25.6 Å². The van der Waals surface area contributed by atoms with E-state index in [9.17, 15) is 9.90 Å². The molecule has 0 aromatic carbocycles. The minimum atomic E-state index is -2.07. The van der Waals surface area contributed by atoms with E-state index < -0.39 is 55.9 Å². The molecule has 3 fully saturated rings. The Hall–Kier alpha value is -2.27. The van der Waals surface area contributed by atoms with Crippen LogP contribution in [0.15, 0.2) is 11.1 Å². The number of hydrogen-bond donors (Lipinski definition) is 3. The highest BCUT2D eigenvalue weighted by Crippen LogP contribution is 2.73. The Labute approximate surface area is 212 Å². The SMILES string of the molecule is CC(C)N(C(C)C)P(OCCC#N)O[C@]12C[C@]3(F)C[C@]3(O)[C@H]1O[C@@H](n1cnc3c(=O)[nH]c(N)nc31)[C@H]2F. The number of nitrogens with two attached hydrogens (primary N) is 1. The molecular weight excluding hydrogens is 511 g/mol. The molecule has 2 saturated carbocycles. The highest BCUT2D eigenvalue weighted by molar-refractivity contribution is 7.44. The molecule has 7 atom stereocenters. The molecule has 4 N–H and O–H groups in total. The molecule has 2 aromatic heterocycles. The van der Waals surface area contributed by atoms with Crippen molar-refractivity contribution < 1.29 is 27.7 Å². The predicted octanol–water partition coefficient (Wildman–Crippen LogP) is 2.22. The van der Waals surface area contributed by atoms with Gasteiger partial charge in [0.1, 0.15) is 23.0 Å². The number of anilines is 1. The Morgan fingerprint density at radius 2 is 2.14 bits per heavy atom. The molecule has 0 radical (unpaired) electrons. The number of rotatable bonds is 9. The first-order valence-corrected chi connectivity index (χ1v) is 13.2. The quantitative estimate of drug-likeness (QED) is 0.317. The van der Waals surface area contributed by atoms with E-state index in [4.69, 9.17) is 24.8 Å². The summed E-state index contributed by atoms with van der Waals surface area (Å²) in [5.41, 5.74) is -0.935. The fraction of sp³-hybridized carbons (Fsp3) is 0.727. The van der Waals surface area contributed by atoms with Crippen molar-refractivity contribution in [2.75, 3.05) is 12.3 Å². The van der Waals surface area contributed by atoms with Crippen LogP contribution >= 0.6 is 8.53 Å². The minimum absolute atomic E-state index is 0.0168. The van der Waals surface area contributed by atoms with E-state index in [1.54, 1.807) is 0 Å². The van der Waals surface area contributed by atoms with Gasteiger partial charge in [-0.15, -0.1) is 0 Å². The van der Waals surface area contributed by atoms with Crippen LogP contribution in [0.25, 0.3) is 11.2 Å². The lowest BCUT2D eigenvalue weighted by molar-refractivity contribution is -0.104. The average molecular weight is 541 g/mol. The molecule has 0 amide bonds. The number of nitrogens with zero attached hydrogens (tertiary/aromatic N) is 5. The van der Waals surface area contributed by atoms with Gasteiger partial charge in [-0.1, -0.05) is 0 Å².